The number of nitrogens with zero attached hydrogens (tertiary/aromatic N) is 1. The minimum absolute atomic E-state index is 0.0320. The summed E-state index contributed by atoms with van der Waals surface area (Å²) < 4.78 is 23.6. The Kier molecular flexibility index (Phi) is 4.70. The van der Waals surface area contributed by atoms with E-state index in [0.717, 1.165) is 12.1 Å². The molecular weight excluding hydrogens is 278 g/mol. The van der Waals surface area contributed by atoms with Gasteiger partial charge < -0.3 is 5.11 Å². The van der Waals surface area contributed by atoms with Crippen molar-refractivity contribution in [3.63, 3.8) is 0 Å². The zero-order valence-corrected chi connectivity index (χ0v) is 10.8. The predicted octanol–water partition coefficient (Wildman–Crippen LogP) is 2.12. The maximum Gasteiger partial charge on any atom is 0.337 e. The van der Waals surface area contributed by atoms with Crippen LogP contribution in [0, 0.1) is 11.3 Å². The first-order valence-electron chi connectivity index (χ1n) is 5.01. The highest BCUT2D eigenvalue weighted by atomic mass is 35.5. The van der Waals surface area contributed by atoms with Crippen LogP contribution in [-0.2, 0) is 9.84 Å². The van der Waals surface area contributed by atoms with Gasteiger partial charge in [-0.05, 0) is 24.6 Å². The zero-order valence-electron chi connectivity index (χ0n) is 9.26. The molecule has 0 aliphatic rings. The van der Waals surface area contributed by atoms with E-state index >= 15 is 0 Å². The molecule has 0 amide bonds. The summed E-state index contributed by atoms with van der Waals surface area (Å²) in [7, 11) is -3.53. The Morgan fingerprint density at radius 1 is 1.44 bits per heavy atom. The summed E-state index contributed by atoms with van der Waals surface area (Å²) in [6.45, 7) is 0. The monoisotopic (exact) mass is 287 g/mol. The van der Waals surface area contributed by atoms with Crippen molar-refractivity contribution >= 4 is 27.4 Å². The average molecular weight is 288 g/mol. The van der Waals surface area contributed by atoms with Gasteiger partial charge in [-0.2, -0.15) is 5.26 Å². The van der Waals surface area contributed by atoms with Crippen LogP contribution >= 0.6 is 11.6 Å². The number of halogens is 1. The highest BCUT2D eigenvalue weighted by Crippen LogP contribution is 2.22. The lowest BCUT2D eigenvalue weighted by Crippen LogP contribution is -2.08. The van der Waals surface area contributed by atoms with Crippen molar-refractivity contribution < 1.29 is 18.3 Å². The molecule has 0 aromatic heterocycles. The van der Waals surface area contributed by atoms with Gasteiger partial charge in [-0.1, -0.05) is 11.6 Å². The average Bonchev–Trinajstić information content (AvgIpc) is 2.28. The molecule has 7 heteroatoms. The third-order valence-corrected chi connectivity index (χ3v) is 4.34. The summed E-state index contributed by atoms with van der Waals surface area (Å²) >= 11 is 5.69. The highest BCUT2D eigenvalue weighted by Gasteiger charge is 2.17. The lowest BCUT2D eigenvalue weighted by atomic mass is 10.2. The third kappa shape index (κ3) is 3.45. The first-order chi connectivity index (χ1) is 8.38. The Bertz CT molecular complexity index is 604. The van der Waals surface area contributed by atoms with Crippen LogP contribution in [0.15, 0.2) is 23.1 Å². The van der Waals surface area contributed by atoms with Crippen molar-refractivity contribution in [2.24, 2.45) is 0 Å². The smallest absolute Gasteiger partial charge is 0.337 e. The molecule has 0 bridgehead atoms. The summed E-state index contributed by atoms with van der Waals surface area (Å²) in [5.74, 6) is -1.38. The molecule has 1 rings (SSSR count). The second-order valence-corrected chi connectivity index (χ2v) is 6.04. The van der Waals surface area contributed by atoms with E-state index in [1.54, 1.807) is 0 Å². The molecule has 0 spiro atoms. The molecule has 0 radical (unpaired) electrons. The maximum absolute atomic E-state index is 11.8. The minimum Gasteiger partial charge on any atom is -0.478 e. The number of carbonyl (C=O) groups is 1. The van der Waals surface area contributed by atoms with Gasteiger partial charge >= 0.3 is 5.97 Å². The fourth-order valence-corrected chi connectivity index (χ4v) is 2.98. The van der Waals surface area contributed by atoms with E-state index in [9.17, 15) is 13.2 Å². The van der Waals surface area contributed by atoms with E-state index in [-0.39, 0.29) is 34.1 Å². The molecular formula is C11H10ClNO4S. The van der Waals surface area contributed by atoms with E-state index in [0.29, 0.717) is 0 Å². The molecule has 5 nitrogen and oxygen atoms in total. The van der Waals surface area contributed by atoms with Crippen LogP contribution in [0.3, 0.4) is 0 Å². The van der Waals surface area contributed by atoms with Gasteiger partial charge in [-0.25, -0.2) is 13.2 Å². The molecule has 0 saturated heterocycles. The molecule has 0 aliphatic heterocycles. The third-order valence-electron chi connectivity index (χ3n) is 2.23. The number of carboxylic acid groups (broad SMARTS) is 1. The van der Waals surface area contributed by atoms with E-state index in [1.165, 1.54) is 6.07 Å². The molecule has 1 N–H and O–H groups in total. The lowest BCUT2D eigenvalue weighted by molar-refractivity contribution is 0.0697. The van der Waals surface area contributed by atoms with Gasteiger partial charge in [0.15, 0.2) is 9.84 Å². The number of hydrogen-bond donors (Lipinski definition) is 1. The quantitative estimate of drug-likeness (QED) is 0.837. The second kappa shape index (κ2) is 5.85. The summed E-state index contributed by atoms with van der Waals surface area (Å²) in [5.41, 5.74) is -0.146. The number of nitriles is 1. The minimum atomic E-state index is -3.53. The summed E-state index contributed by atoms with van der Waals surface area (Å²) in [4.78, 5) is 10.7. The fraction of sp³-hybridized carbons (Fsp3) is 0.273. The van der Waals surface area contributed by atoms with Crippen LogP contribution in [0.4, 0.5) is 0 Å². The Balaban J connectivity index is 3.01. The predicted molar refractivity (Wildman–Crippen MR) is 65.3 cm³/mol. The van der Waals surface area contributed by atoms with Crippen LogP contribution in [0.2, 0.25) is 5.02 Å². The number of sulfone groups is 1. The Morgan fingerprint density at radius 3 is 2.61 bits per heavy atom. The van der Waals surface area contributed by atoms with Gasteiger partial charge in [0.1, 0.15) is 0 Å². The van der Waals surface area contributed by atoms with E-state index in [4.69, 9.17) is 22.0 Å². The van der Waals surface area contributed by atoms with Gasteiger partial charge in [0.2, 0.25) is 0 Å². The first kappa shape index (κ1) is 14.5. The van der Waals surface area contributed by atoms with Gasteiger partial charge in [-0.15, -0.1) is 0 Å². The van der Waals surface area contributed by atoms with Crippen molar-refractivity contribution in [3.05, 3.63) is 28.8 Å². The highest BCUT2D eigenvalue weighted by molar-refractivity contribution is 7.91. The van der Waals surface area contributed by atoms with Crippen LogP contribution < -0.4 is 0 Å². The van der Waals surface area contributed by atoms with E-state index < -0.39 is 15.8 Å². The molecule has 0 atom stereocenters. The normalized spacial score (nSPS) is 10.9. The van der Waals surface area contributed by atoms with E-state index in [1.807, 2.05) is 6.07 Å². The van der Waals surface area contributed by atoms with Gasteiger partial charge in [0.05, 0.1) is 27.3 Å². The van der Waals surface area contributed by atoms with Gasteiger partial charge in [-0.3, -0.25) is 0 Å². The molecule has 96 valence electrons. The molecule has 0 saturated carbocycles. The molecule has 0 heterocycles. The second-order valence-electron chi connectivity index (χ2n) is 3.53. The SMILES string of the molecule is N#CCCCS(=O)(=O)c1ccc(C(=O)O)c(Cl)c1. The molecule has 1 aromatic rings. The molecule has 1 aromatic carbocycles. The number of hydrogen-bond acceptors (Lipinski definition) is 4. The molecule has 0 aliphatic carbocycles. The molecule has 18 heavy (non-hydrogen) atoms. The van der Waals surface area contributed by atoms with E-state index in [2.05, 4.69) is 0 Å². The number of aromatic carboxylic acids is 1. The Morgan fingerprint density at radius 2 is 2.11 bits per heavy atom. The number of carboxylic acids is 1. The van der Waals surface area contributed by atoms with Crippen LogP contribution in [-0.4, -0.2) is 25.2 Å². The Labute approximate surface area is 110 Å². The number of benzene rings is 1. The summed E-state index contributed by atoms with van der Waals surface area (Å²) in [6.07, 6.45) is 0.386. The van der Waals surface area contributed by atoms with Crippen molar-refractivity contribution in [1.29, 1.82) is 5.26 Å². The van der Waals surface area contributed by atoms with Crippen molar-refractivity contribution in [1.82, 2.24) is 0 Å². The van der Waals surface area contributed by atoms with Crippen LogP contribution in [0.25, 0.3) is 0 Å². The molecule has 0 fully saturated rings. The van der Waals surface area contributed by atoms with Crippen molar-refractivity contribution in [2.75, 3.05) is 5.75 Å². The largest absolute Gasteiger partial charge is 0.478 e. The number of rotatable bonds is 5. The Hall–Kier alpha value is -1.58. The van der Waals surface area contributed by atoms with Gasteiger partial charge in [0.25, 0.3) is 0 Å². The molecule has 0 unspecified atom stereocenters. The summed E-state index contributed by atoms with van der Waals surface area (Å²) in [5, 5.41) is 17.0. The fourth-order valence-electron chi connectivity index (χ4n) is 1.32. The first-order valence-corrected chi connectivity index (χ1v) is 7.04. The number of unbranched alkanes of at least 4 members (excludes halogenated alkanes) is 1. The van der Waals surface area contributed by atoms with Crippen molar-refractivity contribution in [3.8, 4) is 6.07 Å². The topological polar surface area (TPSA) is 95.2 Å². The summed E-state index contributed by atoms with van der Waals surface area (Å²) in [6, 6.07) is 5.34. The van der Waals surface area contributed by atoms with Crippen LogP contribution in [0.1, 0.15) is 23.2 Å². The van der Waals surface area contributed by atoms with Crippen LogP contribution in [0.5, 0.6) is 0 Å². The lowest BCUT2D eigenvalue weighted by Gasteiger charge is -2.05. The maximum atomic E-state index is 11.8. The van der Waals surface area contributed by atoms with Gasteiger partial charge in [0, 0.05) is 6.42 Å². The zero-order chi connectivity index (χ0) is 13.8. The van der Waals surface area contributed by atoms with Crippen molar-refractivity contribution in [2.45, 2.75) is 17.7 Å². The standard InChI is InChI=1S/C11H10ClNO4S/c12-10-7-8(3-4-9(10)11(14)15)18(16,17)6-2-1-5-13/h3-4,7H,1-2,6H2,(H,14,15).